The quantitative estimate of drug-likeness (QED) is 0.196. The van der Waals surface area contributed by atoms with Gasteiger partial charge in [0.15, 0.2) is 0 Å². The second-order valence-electron chi connectivity index (χ2n) is 10.3. The maximum absolute atomic E-state index is 14.4. The number of rotatable bonds is 12. The van der Waals surface area contributed by atoms with E-state index in [1.54, 1.807) is 66.7 Å². The van der Waals surface area contributed by atoms with Crippen molar-refractivity contribution < 1.29 is 18.0 Å². The van der Waals surface area contributed by atoms with Crippen LogP contribution in [0.3, 0.4) is 0 Å². The minimum absolute atomic E-state index is 0.0392. The van der Waals surface area contributed by atoms with Crippen LogP contribution in [0, 0.1) is 0 Å². The van der Waals surface area contributed by atoms with E-state index in [9.17, 15) is 18.0 Å². The molecule has 4 aromatic rings. The van der Waals surface area contributed by atoms with Gasteiger partial charge in [-0.25, -0.2) is 8.42 Å². The van der Waals surface area contributed by atoms with E-state index in [2.05, 4.69) is 5.32 Å². The molecule has 0 heterocycles. The van der Waals surface area contributed by atoms with Crippen LogP contribution in [0.2, 0.25) is 10.0 Å². The highest BCUT2D eigenvalue weighted by Gasteiger charge is 2.35. The molecule has 4 aromatic carbocycles. The molecule has 224 valence electrons. The van der Waals surface area contributed by atoms with Crippen molar-refractivity contribution in [3.8, 4) is 0 Å². The van der Waals surface area contributed by atoms with Crippen LogP contribution in [0.25, 0.3) is 0 Å². The van der Waals surface area contributed by atoms with Gasteiger partial charge in [-0.05, 0) is 61.4 Å². The molecule has 0 aromatic heterocycles. The summed E-state index contributed by atoms with van der Waals surface area (Å²) in [6.07, 6.45) is 0.202. The molecule has 0 saturated carbocycles. The highest BCUT2D eigenvalue weighted by Crippen LogP contribution is 2.27. The zero-order valence-corrected chi connectivity index (χ0v) is 26.2. The summed E-state index contributed by atoms with van der Waals surface area (Å²) in [6, 6.07) is 29.4. The Hall–Kier alpha value is -3.85. The monoisotopic (exact) mass is 637 g/mol. The summed E-state index contributed by atoms with van der Waals surface area (Å²) in [5.41, 5.74) is 1.71. The molecule has 0 bridgehead atoms. The molecule has 0 spiro atoms. The summed E-state index contributed by atoms with van der Waals surface area (Å²) >= 11 is 12.7. The number of para-hydroxylation sites is 1. The zero-order valence-electron chi connectivity index (χ0n) is 23.9. The molecular weight excluding hydrogens is 605 g/mol. The third-order valence-corrected chi connectivity index (χ3v) is 9.09. The van der Waals surface area contributed by atoms with Gasteiger partial charge in [0.25, 0.3) is 10.0 Å². The number of carbonyl (C=O) groups excluding carboxylic acids is 2. The lowest BCUT2D eigenvalue weighted by atomic mass is 10.0. The fourth-order valence-corrected chi connectivity index (χ4v) is 6.51. The van der Waals surface area contributed by atoms with Gasteiger partial charge in [0.1, 0.15) is 12.6 Å². The minimum Gasteiger partial charge on any atom is -0.352 e. The van der Waals surface area contributed by atoms with Crippen LogP contribution in [0.4, 0.5) is 5.69 Å². The van der Waals surface area contributed by atoms with E-state index >= 15 is 0 Å². The van der Waals surface area contributed by atoms with E-state index in [1.165, 1.54) is 17.0 Å². The zero-order chi connectivity index (χ0) is 31.0. The smallest absolute Gasteiger partial charge is 0.264 e. The second-order valence-corrected chi connectivity index (χ2v) is 13.0. The normalized spacial score (nSPS) is 12.0. The second kappa shape index (κ2) is 14.6. The molecule has 1 atom stereocenters. The van der Waals surface area contributed by atoms with Crippen molar-refractivity contribution in [3.05, 3.63) is 130 Å². The summed E-state index contributed by atoms with van der Waals surface area (Å²) in [7, 11) is -4.15. The molecule has 7 nitrogen and oxygen atoms in total. The predicted octanol–water partition coefficient (Wildman–Crippen LogP) is 6.35. The number of anilines is 1. The van der Waals surface area contributed by atoms with Crippen LogP contribution in [0.1, 0.15) is 25.0 Å². The van der Waals surface area contributed by atoms with Gasteiger partial charge in [-0.1, -0.05) is 96.0 Å². The van der Waals surface area contributed by atoms with Crippen molar-refractivity contribution in [1.82, 2.24) is 10.2 Å². The largest absolute Gasteiger partial charge is 0.352 e. The number of sulfonamides is 1. The van der Waals surface area contributed by atoms with Gasteiger partial charge in [0, 0.05) is 29.1 Å². The lowest BCUT2D eigenvalue weighted by Crippen LogP contribution is -2.54. The fourth-order valence-electron chi connectivity index (χ4n) is 4.61. The fraction of sp³-hybridized carbons (Fsp3) is 0.212. The minimum atomic E-state index is -4.15. The van der Waals surface area contributed by atoms with Gasteiger partial charge in [-0.2, -0.15) is 0 Å². The highest BCUT2D eigenvalue weighted by atomic mass is 35.5. The Morgan fingerprint density at radius 2 is 1.40 bits per heavy atom. The third-order valence-electron chi connectivity index (χ3n) is 6.71. The number of halogens is 2. The van der Waals surface area contributed by atoms with Crippen molar-refractivity contribution >= 4 is 50.7 Å². The number of hydrogen-bond donors (Lipinski definition) is 1. The van der Waals surface area contributed by atoms with E-state index in [0.717, 1.165) is 9.87 Å². The lowest BCUT2D eigenvalue weighted by Gasteiger charge is -2.34. The molecular formula is C33H33Cl2N3O4S. The van der Waals surface area contributed by atoms with Crippen molar-refractivity contribution in [3.63, 3.8) is 0 Å². The van der Waals surface area contributed by atoms with E-state index in [0.29, 0.717) is 21.3 Å². The SMILES string of the molecule is CC(C)NC(=O)C(Cc1ccccc1)N(Cc1ccc(Cl)cc1Cl)C(=O)CN(c1ccccc1)S(=O)(=O)c1ccccc1. The van der Waals surface area contributed by atoms with Gasteiger partial charge < -0.3 is 10.2 Å². The van der Waals surface area contributed by atoms with Crippen LogP contribution in [-0.2, 0) is 32.6 Å². The van der Waals surface area contributed by atoms with Crippen molar-refractivity contribution in [2.75, 3.05) is 10.8 Å². The topological polar surface area (TPSA) is 86.8 Å². The van der Waals surface area contributed by atoms with Crippen LogP contribution >= 0.6 is 23.2 Å². The number of nitrogens with zero attached hydrogens (tertiary/aromatic N) is 2. The lowest BCUT2D eigenvalue weighted by molar-refractivity contribution is -0.140. The molecule has 0 aliphatic rings. The number of nitrogens with one attached hydrogen (secondary N) is 1. The molecule has 1 unspecified atom stereocenters. The molecule has 0 aliphatic heterocycles. The molecule has 0 fully saturated rings. The van der Waals surface area contributed by atoms with E-state index < -0.39 is 28.5 Å². The summed E-state index contributed by atoms with van der Waals surface area (Å²) in [5, 5.41) is 3.68. The van der Waals surface area contributed by atoms with E-state index in [-0.39, 0.29) is 29.8 Å². The first-order chi connectivity index (χ1) is 20.6. The van der Waals surface area contributed by atoms with Crippen LogP contribution in [0.15, 0.2) is 114 Å². The Morgan fingerprint density at radius 1 is 0.814 bits per heavy atom. The van der Waals surface area contributed by atoms with E-state index in [1.807, 2.05) is 44.2 Å². The van der Waals surface area contributed by atoms with Crippen molar-refractivity contribution in [2.24, 2.45) is 0 Å². The maximum Gasteiger partial charge on any atom is 0.264 e. The Morgan fingerprint density at radius 3 is 1.98 bits per heavy atom. The molecule has 4 rings (SSSR count). The highest BCUT2D eigenvalue weighted by molar-refractivity contribution is 7.92. The molecule has 1 N–H and O–H groups in total. The van der Waals surface area contributed by atoms with Crippen LogP contribution < -0.4 is 9.62 Å². The van der Waals surface area contributed by atoms with Crippen LogP contribution in [0.5, 0.6) is 0 Å². The Balaban J connectivity index is 1.80. The number of hydrogen-bond acceptors (Lipinski definition) is 4. The van der Waals surface area contributed by atoms with Crippen molar-refractivity contribution in [2.45, 2.75) is 43.8 Å². The standard InChI is InChI=1S/C33H33Cl2N3O4S/c1-24(2)36-33(40)31(20-25-12-6-3-7-13-25)37(22-26-18-19-27(34)21-30(26)35)32(39)23-38(28-14-8-4-9-15-28)43(41,42)29-16-10-5-11-17-29/h3-19,21,24,31H,20,22-23H2,1-2H3,(H,36,40). The average molecular weight is 639 g/mol. The number of carbonyl (C=O) groups is 2. The Labute approximate surface area is 263 Å². The Bertz CT molecular complexity index is 1640. The van der Waals surface area contributed by atoms with Gasteiger partial charge >= 0.3 is 0 Å². The van der Waals surface area contributed by atoms with Gasteiger partial charge in [-0.15, -0.1) is 0 Å². The van der Waals surface area contributed by atoms with Gasteiger partial charge in [0.05, 0.1) is 10.6 Å². The van der Waals surface area contributed by atoms with Crippen molar-refractivity contribution in [1.29, 1.82) is 0 Å². The van der Waals surface area contributed by atoms with E-state index in [4.69, 9.17) is 23.2 Å². The predicted molar refractivity (Wildman–Crippen MR) is 172 cm³/mol. The number of amides is 2. The first kappa shape index (κ1) is 32.1. The molecule has 2 amide bonds. The first-order valence-corrected chi connectivity index (χ1v) is 16.0. The first-order valence-electron chi connectivity index (χ1n) is 13.8. The molecule has 0 saturated heterocycles. The molecule has 0 aliphatic carbocycles. The van der Waals surface area contributed by atoms with Crippen LogP contribution in [-0.4, -0.2) is 43.8 Å². The summed E-state index contributed by atoms with van der Waals surface area (Å²) in [4.78, 5) is 29.5. The van der Waals surface area contributed by atoms with Gasteiger partial charge in [-0.3, -0.25) is 13.9 Å². The maximum atomic E-state index is 14.4. The third kappa shape index (κ3) is 8.38. The Kier molecular flexibility index (Phi) is 10.9. The molecule has 43 heavy (non-hydrogen) atoms. The summed E-state index contributed by atoms with van der Waals surface area (Å²) in [5.74, 6) is -0.941. The molecule has 0 radical (unpaired) electrons. The number of benzene rings is 4. The van der Waals surface area contributed by atoms with Gasteiger partial charge in [0.2, 0.25) is 11.8 Å². The summed E-state index contributed by atoms with van der Waals surface area (Å²) < 4.78 is 28.9. The average Bonchev–Trinajstić information content (AvgIpc) is 2.99. The molecule has 10 heteroatoms. The summed E-state index contributed by atoms with van der Waals surface area (Å²) in [6.45, 7) is 3.07.